The highest BCUT2D eigenvalue weighted by molar-refractivity contribution is 5.19. The first kappa shape index (κ1) is 5.06. The van der Waals surface area contributed by atoms with E-state index in [9.17, 15) is 0 Å². The van der Waals surface area contributed by atoms with Crippen LogP contribution in [-0.4, -0.2) is 5.60 Å². The average Bonchev–Trinajstić information content (AvgIpc) is 2.45. The monoisotopic (exact) mass is 124 g/mol. The predicted molar refractivity (Wildman–Crippen MR) is 32.4 cm³/mol. The van der Waals surface area contributed by atoms with E-state index in [-0.39, 0.29) is 5.60 Å². The van der Waals surface area contributed by atoms with E-state index in [1.165, 1.54) is 0 Å². The van der Waals surface area contributed by atoms with Crippen molar-refractivity contribution < 1.29 is 9.78 Å². The van der Waals surface area contributed by atoms with Gasteiger partial charge in [0, 0.05) is 0 Å². The van der Waals surface area contributed by atoms with Gasteiger partial charge < -0.3 is 4.89 Å². The molecule has 2 aliphatic rings. The summed E-state index contributed by atoms with van der Waals surface area (Å²) in [6.45, 7) is 0. The van der Waals surface area contributed by atoms with Crippen molar-refractivity contribution in [1.29, 1.82) is 0 Å². The Bertz CT molecular complexity index is 150. The molecule has 48 valence electrons. The summed E-state index contributed by atoms with van der Waals surface area (Å²) in [5.74, 6) is 0. The van der Waals surface area contributed by atoms with Gasteiger partial charge in [-0.25, -0.2) is 0 Å². The molecule has 0 radical (unpaired) electrons. The Morgan fingerprint density at radius 1 is 1.33 bits per heavy atom. The molecular formula is C7H8O2. The molecule has 9 heavy (non-hydrogen) atoms. The van der Waals surface area contributed by atoms with Crippen molar-refractivity contribution in [2.24, 2.45) is 0 Å². The van der Waals surface area contributed by atoms with E-state index in [0.717, 1.165) is 12.8 Å². The van der Waals surface area contributed by atoms with Gasteiger partial charge in [-0.15, -0.1) is 0 Å². The smallest absolute Gasteiger partial charge is 0.155 e. The molecule has 0 aromatic heterocycles. The molecule has 0 amide bonds. The van der Waals surface area contributed by atoms with E-state index in [2.05, 4.69) is 11.0 Å². The summed E-state index contributed by atoms with van der Waals surface area (Å²) in [5, 5.41) is 0. The van der Waals surface area contributed by atoms with Gasteiger partial charge in [-0.2, -0.15) is 4.89 Å². The zero-order chi connectivity index (χ0) is 6.16. The number of allylic oxidation sites excluding steroid dienone is 1. The van der Waals surface area contributed by atoms with Crippen molar-refractivity contribution in [2.45, 2.75) is 18.4 Å². The molecule has 0 fully saturated rings. The SMILES string of the molecule is C1=CC2(C=COO2)CC1. The molecule has 0 bridgehead atoms. The van der Waals surface area contributed by atoms with E-state index in [1.54, 1.807) is 6.26 Å². The lowest BCUT2D eigenvalue weighted by molar-refractivity contribution is -0.276. The summed E-state index contributed by atoms with van der Waals surface area (Å²) in [6, 6.07) is 0. The van der Waals surface area contributed by atoms with Crippen molar-refractivity contribution in [3.8, 4) is 0 Å². The van der Waals surface area contributed by atoms with Gasteiger partial charge >= 0.3 is 0 Å². The fourth-order valence-electron chi connectivity index (χ4n) is 1.17. The van der Waals surface area contributed by atoms with E-state index in [0.29, 0.717) is 0 Å². The summed E-state index contributed by atoms with van der Waals surface area (Å²) in [4.78, 5) is 9.65. The van der Waals surface area contributed by atoms with Crippen LogP contribution in [0.25, 0.3) is 0 Å². The summed E-state index contributed by atoms with van der Waals surface area (Å²) < 4.78 is 0. The second-order valence-electron chi connectivity index (χ2n) is 2.38. The molecule has 1 unspecified atom stereocenters. The summed E-state index contributed by atoms with van der Waals surface area (Å²) in [5.41, 5.74) is -0.194. The van der Waals surface area contributed by atoms with Crippen LogP contribution in [0.3, 0.4) is 0 Å². The summed E-state index contributed by atoms with van der Waals surface area (Å²) >= 11 is 0. The molecule has 2 heteroatoms. The quantitative estimate of drug-likeness (QED) is 0.360. The van der Waals surface area contributed by atoms with E-state index in [1.807, 2.05) is 12.2 Å². The lowest BCUT2D eigenvalue weighted by atomic mass is 10.1. The fraction of sp³-hybridized carbons (Fsp3) is 0.429. The maximum Gasteiger partial charge on any atom is 0.155 e. The molecule has 0 aromatic rings. The molecule has 2 nitrogen and oxygen atoms in total. The summed E-state index contributed by atoms with van der Waals surface area (Å²) in [7, 11) is 0. The van der Waals surface area contributed by atoms with Crippen LogP contribution >= 0.6 is 0 Å². The minimum atomic E-state index is -0.194. The fourth-order valence-corrected chi connectivity index (χ4v) is 1.17. The molecule has 2 rings (SSSR count). The minimum Gasteiger partial charge on any atom is -0.344 e. The second-order valence-corrected chi connectivity index (χ2v) is 2.38. The lowest BCUT2D eigenvalue weighted by Gasteiger charge is -2.13. The van der Waals surface area contributed by atoms with Gasteiger partial charge in [0.05, 0.1) is 0 Å². The Morgan fingerprint density at radius 2 is 2.33 bits per heavy atom. The van der Waals surface area contributed by atoms with Gasteiger partial charge in [0.15, 0.2) is 5.60 Å². The van der Waals surface area contributed by atoms with Gasteiger partial charge in [0.2, 0.25) is 0 Å². The lowest BCUT2D eigenvalue weighted by Crippen LogP contribution is -2.19. The molecular weight excluding hydrogens is 116 g/mol. The highest BCUT2D eigenvalue weighted by Crippen LogP contribution is 2.31. The van der Waals surface area contributed by atoms with Gasteiger partial charge in [0.1, 0.15) is 6.26 Å². The second kappa shape index (κ2) is 1.61. The van der Waals surface area contributed by atoms with Crippen LogP contribution in [0.2, 0.25) is 0 Å². The standard InChI is InChI=1S/C7H8O2/c1-2-4-7(3-1)5-6-8-9-7/h1,3,5-6H,2,4H2. The topological polar surface area (TPSA) is 18.5 Å². The van der Waals surface area contributed by atoms with Crippen molar-refractivity contribution in [1.82, 2.24) is 0 Å². The third-order valence-corrected chi connectivity index (χ3v) is 1.71. The van der Waals surface area contributed by atoms with Crippen LogP contribution in [0.1, 0.15) is 12.8 Å². The third-order valence-electron chi connectivity index (χ3n) is 1.71. The van der Waals surface area contributed by atoms with Crippen LogP contribution in [0, 0.1) is 0 Å². The Balaban J connectivity index is 2.23. The maximum atomic E-state index is 5.00. The first-order valence-corrected chi connectivity index (χ1v) is 3.11. The Kier molecular flexibility index (Phi) is 0.904. The molecule has 0 saturated heterocycles. The number of hydrogen-bond acceptors (Lipinski definition) is 2. The molecule has 1 heterocycles. The molecule has 1 spiro atoms. The first-order chi connectivity index (χ1) is 4.41. The summed E-state index contributed by atoms with van der Waals surface area (Å²) in [6.07, 6.45) is 9.79. The first-order valence-electron chi connectivity index (χ1n) is 3.11. The maximum absolute atomic E-state index is 5.00. The van der Waals surface area contributed by atoms with Crippen molar-refractivity contribution in [2.75, 3.05) is 0 Å². The van der Waals surface area contributed by atoms with Crippen LogP contribution in [0.5, 0.6) is 0 Å². The Labute approximate surface area is 53.7 Å². The van der Waals surface area contributed by atoms with Gasteiger partial charge in [-0.1, -0.05) is 6.08 Å². The zero-order valence-electron chi connectivity index (χ0n) is 5.04. The van der Waals surface area contributed by atoms with Crippen molar-refractivity contribution in [3.05, 3.63) is 24.5 Å². The molecule has 0 aromatic carbocycles. The van der Waals surface area contributed by atoms with Crippen LogP contribution in [0.15, 0.2) is 24.5 Å². The van der Waals surface area contributed by atoms with Gasteiger partial charge in [0.25, 0.3) is 0 Å². The Hall–Kier alpha value is -0.760. The highest BCUT2D eigenvalue weighted by atomic mass is 17.2. The van der Waals surface area contributed by atoms with Crippen LogP contribution < -0.4 is 0 Å². The number of hydrogen-bond donors (Lipinski definition) is 0. The van der Waals surface area contributed by atoms with Gasteiger partial charge in [-0.05, 0) is 25.0 Å². The molecule has 0 saturated carbocycles. The Morgan fingerprint density at radius 3 is 2.89 bits per heavy atom. The molecule has 1 atom stereocenters. The molecule has 1 aliphatic carbocycles. The van der Waals surface area contributed by atoms with E-state index >= 15 is 0 Å². The average molecular weight is 124 g/mol. The number of rotatable bonds is 0. The predicted octanol–water partition coefficient (Wildman–Crippen LogP) is 1.55. The van der Waals surface area contributed by atoms with E-state index in [4.69, 9.17) is 4.89 Å². The largest absolute Gasteiger partial charge is 0.344 e. The van der Waals surface area contributed by atoms with Gasteiger partial charge in [-0.3, -0.25) is 0 Å². The van der Waals surface area contributed by atoms with Crippen LogP contribution in [-0.2, 0) is 9.78 Å². The zero-order valence-corrected chi connectivity index (χ0v) is 5.04. The normalized spacial score (nSPS) is 38.2. The van der Waals surface area contributed by atoms with Crippen LogP contribution in [0.4, 0.5) is 0 Å². The minimum absolute atomic E-state index is 0.194. The molecule has 0 N–H and O–H groups in total. The van der Waals surface area contributed by atoms with Crippen molar-refractivity contribution in [3.63, 3.8) is 0 Å². The van der Waals surface area contributed by atoms with Crippen molar-refractivity contribution >= 4 is 0 Å². The highest BCUT2D eigenvalue weighted by Gasteiger charge is 2.32. The third kappa shape index (κ3) is 0.669. The van der Waals surface area contributed by atoms with E-state index < -0.39 is 0 Å². The molecule has 1 aliphatic heterocycles.